The molecule has 0 saturated heterocycles. The van der Waals surface area contributed by atoms with Crippen molar-refractivity contribution < 1.29 is 95.4 Å². The molecular weight excluding hydrogens is 1210 g/mol. The molecule has 0 aliphatic rings. The molecule has 35 heteroatoms. The second kappa shape index (κ2) is 51.1. The van der Waals surface area contributed by atoms with E-state index in [0.29, 0.717) is 19.3 Å². The first-order chi connectivity index (χ1) is 42.6. The number of aryl methyl sites for hydroxylation is 1. The number of carboxylic acid groups (broad SMARTS) is 3. The van der Waals surface area contributed by atoms with Crippen LogP contribution in [0.4, 0.5) is 0 Å². The molecule has 0 bridgehead atoms. The van der Waals surface area contributed by atoms with Gasteiger partial charge in [-0.1, -0.05) is 75.8 Å². The molecule has 1 aromatic rings. The number of aromatic amines is 1. The first kappa shape index (κ1) is 80.4. The van der Waals surface area contributed by atoms with Gasteiger partial charge in [0.25, 0.3) is 0 Å². The van der Waals surface area contributed by atoms with Gasteiger partial charge in [0.1, 0.15) is 37.4 Å². The third kappa shape index (κ3) is 47.0. The number of carboxylic acids is 3. The van der Waals surface area contributed by atoms with Gasteiger partial charge < -0.3 is 77.6 Å². The van der Waals surface area contributed by atoms with Crippen molar-refractivity contribution in [2.24, 2.45) is 11.5 Å². The van der Waals surface area contributed by atoms with Crippen LogP contribution in [0, 0.1) is 0 Å². The molecule has 1 rings (SSSR count). The van der Waals surface area contributed by atoms with Crippen LogP contribution in [0.15, 0.2) is 0 Å². The number of thioether (sulfide) groups is 1. The van der Waals surface area contributed by atoms with Gasteiger partial charge in [0.15, 0.2) is 5.82 Å². The van der Waals surface area contributed by atoms with E-state index in [9.17, 15) is 71.4 Å². The Morgan fingerprint density at radius 1 is 0.494 bits per heavy atom. The minimum absolute atomic E-state index is 0.000779. The van der Waals surface area contributed by atoms with E-state index in [1.807, 2.05) is 0 Å². The second-order valence-electron chi connectivity index (χ2n) is 20.7. The van der Waals surface area contributed by atoms with Crippen LogP contribution < -0.4 is 48.1 Å². The number of nitrogens with two attached hydrogens (primary N) is 2. The summed E-state index contributed by atoms with van der Waals surface area (Å²) in [4.78, 5) is 132. The summed E-state index contributed by atoms with van der Waals surface area (Å²) in [6, 6.07) is -5.07. The Bertz CT molecular complexity index is 2360. The number of tetrazole rings is 1. The molecule has 0 aromatic carbocycles. The maximum atomic E-state index is 12.6. The summed E-state index contributed by atoms with van der Waals surface area (Å²) in [5.41, 5.74) is 10.8. The molecule has 4 atom stereocenters. The van der Waals surface area contributed by atoms with E-state index in [0.717, 1.165) is 56.1 Å². The molecule has 1 aromatic heterocycles. The van der Waals surface area contributed by atoms with Crippen LogP contribution in [0.1, 0.15) is 154 Å². The van der Waals surface area contributed by atoms with Crippen molar-refractivity contribution in [3.05, 3.63) is 5.82 Å². The average Bonchev–Trinajstić information content (AvgIpc) is 4.10. The molecule has 1 heterocycles. The quantitative estimate of drug-likeness (QED) is 0.0342. The summed E-state index contributed by atoms with van der Waals surface area (Å²) in [5, 5.41) is 56.6. The largest absolute Gasteiger partial charge is 0.480 e. The third-order valence-electron chi connectivity index (χ3n) is 13.0. The molecule has 33 nitrogen and oxygen atoms in total. The predicted octanol–water partition coefficient (Wildman–Crippen LogP) is -1.17. The highest BCUT2D eigenvalue weighted by atomic mass is 32.2. The highest BCUT2D eigenvalue weighted by molar-refractivity contribution is 8.00. The van der Waals surface area contributed by atoms with Crippen molar-refractivity contribution in [1.29, 1.82) is 0 Å². The number of hydrogen-bond acceptors (Lipinski definition) is 22. The first-order valence-corrected chi connectivity index (χ1v) is 32.9. The molecule has 0 radical (unpaired) electrons. The fourth-order valence-corrected chi connectivity index (χ4v) is 10.0. The van der Waals surface area contributed by atoms with E-state index >= 15 is 0 Å². The van der Waals surface area contributed by atoms with E-state index in [-0.39, 0.29) is 115 Å². The van der Waals surface area contributed by atoms with Crippen LogP contribution >= 0.6 is 11.8 Å². The van der Waals surface area contributed by atoms with Gasteiger partial charge >= 0.3 is 17.9 Å². The Morgan fingerprint density at radius 3 is 1.48 bits per heavy atom. The fraction of sp³-hybridized carbons (Fsp3) is 0.778. The van der Waals surface area contributed by atoms with Gasteiger partial charge in [-0.25, -0.2) is 18.0 Å². The first-order valence-electron chi connectivity index (χ1n) is 30.1. The number of aliphatic carboxylic acids is 3. The number of carbonyl (C=O) groups excluding carboxylic acids is 8. The van der Waals surface area contributed by atoms with Crippen molar-refractivity contribution in [1.82, 2.24) is 57.2 Å². The zero-order valence-corrected chi connectivity index (χ0v) is 52.4. The number of ether oxygens (including phenoxy) is 4. The van der Waals surface area contributed by atoms with Crippen LogP contribution in [0.2, 0.25) is 0 Å². The van der Waals surface area contributed by atoms with E-state index < -0.39 is 125 Å². The van der Waals surface area contributed by atoms with Gasteiger partial charge in [0.2, 0.25) is 57.3 Å². The van der Waals surface area contributed by atoms with Gasteiger partial charge in [-0.3, -0.25) is 47.9 Å². The molecule has 0 saturated carbocycles. The number of amides is 8. The Labute approximate surface area is 523 Å². The number of H-pyrrole nitrogens is 1. The standard InChI is InChI=1S/C54H95N13O20S2/c55-39(52(76)77)37-88-38-50(74)57-25-15-14-17-40(51(56)75)60-48(72)35-86-32-30-85-29-27-59-45(69)23-21-41(53(78)79)61-46(70)24-22-42(54(80)81)62-49(73)36-87-33-31-84-28-26-58-44(68)20-16-34-89(82,83)65-47(71)19-13-11-9-7-5-3-1-2-4-6-8-10-12-18-43-63-66-67-64-43/h39-42H,1-38,55H2,(H2,56,75)(H,57,74)(H,58,68)(H,59,69)(H,60,72)(H,61,70)(H,62,73)(H,65,71)(H,76,77)(H,78,79)(H,80,81)(H,63,64,66,67). The lowest BCUT2D eigenvalue weighted by Crippen LogP contribution is -2.45. The van der Waals surface area contributed by atoms with Gasteiger partial charge in [-0.15, -0.1) is 22.0 Å². The number of rotatable bonds is 59. The zero-order chi connectivity index (χ0) is 65.9. The zero-order valence-electron chi connectivity index (χ0n) is 50.8. The molecule has 89 heavy (non-hydrogen) atoms. The van der Waals surface area contributed by atoms with Crippen LogP contribution in [-0.4, -0.2) is 223 Å². The summed E-state index contributed by atoms with van der Waals surface area (Å²) in [5.74, 6) is -8.48. The Hall–Kier alpha value is -6.66. The number of carbonyl (C=O) groups is 11. The van der Waals surface area contributed by atoms with Crippen molar-refractivity contribution in [2.75, 3.05) is 89.7 Å². The van der Waals surface area contributed by atoms with Gasteiger partial charge in [-0.05, 0) is 51.4 Å². The van der Waals surface area contributed by atoms with E-state index in [1.54, 1.807) is 0 Å². The summed E-state index contributed by atoms with van der Waals surface area (Å²) in [6.07, 6.45) is 14.6. The number of nitrogens with one attached hydrogen (secondary N) is 8. The Balaban J connectivity index is 2.10. The molecule has 15 N–H and O–H groups in total. The van der Waals surface area contributed by atoms with Crippen molar-refractivity contribution >= 4 is 87.0 Å². The number of hydrogen-bond donors (Lipinski definition) is 13. The lowest BCUT2D eigenvalue weighted by molar-refractivity contribution is -0.144. The molecule has 0 aliphatic heterocycles. The van der Waals surface area contributed by atoms with E-state index in [2.05, 4.69) is 57.2 Å². The maximum absolute atomic E-state index is 12.6. The fourth-order valence-electron chi connectivity index (χ4n) is 8.16. The summed E-state index contributed by atoms with van der Waals surface area (Å²) in [6.45, 7) is -0.558. The summed E-state index contributed by atoms with van der Waals surface area (Å²) in [7, 11) is -3.89. The Morgan fingerprint density at radius 2 is 0.966 bits per heavy atom. The number of unbranched alkanes of at least 4 members (excludes halogenated alkanes) is 13. The number of aromatic nitrogens is 4. The lowest BCUT2D eigenvalue weighted by atomic mass is 10.0. The normalized spacial score (nSPS) is 12.6. The van der Waals surface area contributed by atoms with Crippen molar-refractivity contribution in [3.63, 3.8) is 0 Å². The maximum Gasteiger partial charge on any atom is 0.326 e. The highest BCUT2D eigenvalue weighted by Crippen LogP contribution is 2.14. The number of primary amides is 1. The van der Waals surface area contributed by atoms with Crippen LogP contribution in [0.3, 0.4) is 0 Å². The average molecular weight is 1310 g/mol. The van der Waals surface area contributed by atoms with E-state index in [1.165, 1.54) is 44.9 Å². The van der Waals surface area contributed by atoms with Crippen LogP contribution in [0.5, 0.6) is 0 Å². The predicted molar refractivity (Wildman–Crippen MR) is 322 cm³/mol. The molecule has 8 amide bonds. The number of nitrogens with zero attached hydrogens (tertiary/aromatic N) is 3. The molecule has 4 unspecified atom stereocenters. The minimum Gasteiger partial charge on any atom is -0.480 e. The molecule has 0 aliphatic carbocycles. The second-order valence-corrected chi connectivity index (χ2v) is 23.6. The van der Waals surface area contributed by atoms with Crippen LogP contribution in [-0.2, 0) is 88.1 Å². The molecule has 0 spiro atoms. The van der Waals surface area contributed by atoms with E-state index in [4.69, 9.17) is 35.5 Å². The number of sulfonamides is 1. The van der Waals surface area contributed by atoms with Gasteiger partial charge in [0, 0.05) is 57.5 Å². The monoisotopic (exact) mass is 1310 g/mol. The summed E-state index contributed by atoms with van der Waals surface area (Å²) >= 11 is 1.08. The van der Waals surface area contributed by atoms with Gasteiger partial charge in [0.05, 0.1) is 51.1 Å². The smallest absolute Gasteiger partial charge is 0.326 e. The summed E-state index contributed by atoms with van der Waals surface area (Å²) < 4.78 is 47.9. The molecule has 508 valence electrons. The van der Waals surface area contributed by atoms with Gasteiger partial charge in [-0.2, -0.15) is 5.21 Å². The highest BCUT2D eigenvalue weighted by Gasteiger charge is 2.25. The third-order valence-corrected chi connectivity index (χ3v) is 15.4. The lowest BCUT2D eigenvalue weighted by Gasteiger charge is -2.17. The topological polar surface area (TPSA) is 510 Å². The molecule has 0 fully saturated rings. The SMILES string of the molecule is NC(=O)C(CCCCNC(=O)CSCC(N)C(=O)O)NC(=O)COCCOCCNC(=O)CCC(NC(=O)CCC(NC(=O)COCCOCCNC(=O)CCCS(=O)(=O)NC(=O)CCCCCCCCCCCCCCCc1nn[nH]n1)C(=O)O)C(=O)O. The van der Waals surface area contributed by atoms with Crippen molar-refractivity contribution in [2.45, 2.75) is 178 Å². The minimum atomic E-state index is -3.89. The molecular formula is C54H95N13O20S2. The van der Waals surface area contributed by atoms with Crippen molar-refractivity contribution in [3.8, 4) is 0 Å². The van der Waals surface area contributed by atoms with Crippen LogP contribution in [0.25, 0.3) is 0 Å². The Kier molecular flexibility index (Phi) is 46.2.